The second kappa shape index (κ2) is 7.05. The fourth-order valence-electron chi connectivity index (χ4n) is 2.98. The minimum absolute atomic E-state index is 0.122. The molecule has 26 heavy (non-hydrogen) atoms. The third-order valence-corrected chi connectivity index (χ3v) is 4.47. The number of aromatic nitrogens is 3. The lowest BCUT2D eigenvalue weighted by Gasteiger charge is -2.29. The number of rotatable bonds is 3. The molecule has 0 atom stereocenters. The van der Waals surface area contributed by atoms with E-state index in [1.165, 1.54) is 0 Å². The standard InChI is InChI=1S/C19H19N5O2/c20-14-7-9-24(10-8-14)19(25)17-5-6-18(23-22-17)26-15-11-13-3-1-2-4-16(13)21-12-15/h1-6,11-12,14H,7-10,20H2. The Kier molecular flexibility index (Phi) is 4.45. The van der Waals surface area contributed by atoms with Crippen molar-refractivity contribution in [1.82, 2.24) is 20.1 Å². The second-order valence-electron chi connectivity index (χ2n) is 6.35. The lowest BCUT2D eigenvalue weighted by molar-refractivity contribution is 0.0707. The summed E-state index contributed by atoms with van der Waals surface area (Å²) >= 11 is 0. The summed E-state index contributed by atoms with van der Waals surface area (Å²) in [5.41, 5.74) is 7.08. The number of piperidine rings is 1. The third-order valence-electron chi connectivity index (χ3n) is 4.47. The van der Waals surface area contributed by atoms with Crippen molar-refractivity contribution < 1.29 is 9.53 Å². The van der Waals surface area contributed by atoms with E-state index in [1.54, 1.807) is 23.2 Å². The lowest BCUT2D eigenvalue weighted by Crippen LogP contribution is -2.43. The van der Waals surface area contributed by atoms with Gasteiger partial charge in [0.2, 0.25) is 5.88 Å². The first-order valence-corrected chi connectivity index (χ1v) is 8.60. The van der Waals surface area contributed by atoms with E-state index in [1.807, 2.05) is 30.3 Å². The molecule has 1 amide bonds. The van der Waals surface area contributed by atoms with Gasteiger partial charge < -0.3 is 15.4 Å². The zero-order valence-corrected chi connectivity index (χ0v) is 14.2. The molecule has 1 aromatic carbocycles. The van der Waals surface area contributed by atoms with Gasteiger partial charge in [0.25, 0.3) is 5.91 Å². The summed E-state index contributed by atoms with van der Waals surface area (Å²) in [4.78, 5) is 18.6. The Morgan fingerprint density at radius 3 is 2.69 bits per heavy atom. The predicted octanol–water partition coefficient (Wildman–Crippen LogP) is 2.38. The molecule has 1 aliphatic rings. The van der Waals surface area contributed by atoms with Gasteiger partial charge >= 0.3 is 0 Å². The molecular weight excluding hydrogens is 330 g/mol. The first kappa shape index (κ1) is 16.4. The van der Waals surface area contributed by atoms with Crippen molar-refractivity contribution in [1.29, 1.82) is 0 Å². The van der Waals surface area contributed by atoms with E-state index in [2.05, 4.69) is 15.2 Å². The topological polar surface area (TPSA) is 94.2 Å². The highest BCUT2D eigenvalue weighted by atomic mass is 16.5. The zero-order chi connectivity index (χ0) is 17.9. The van der Waals surface area contributed by atoms with E-state index in [9.17, 15) is 4.79 Å². The van der Waals surface area contributed by atoms with E-state index < -0.39 is 0 Å². The average molecular weight is 349 g/mol. The maximum atomic E-state index is 12.5. The number of fused-ring (bicyclic) bond motifs is 1. The Labute approximate surface area is 150 Å². The number of ether oxygens (including phenoxy) is 1. The molecule has 7 nitrogen and oxygen atoms in total. The maximum absolute atomic E-state index is 12.5. The van der Waals surface area contributed by atoms with Crippen LogP contribution in [0.1, 0.15) is 23.3 Å². The fourth-order valence-corrected chi connectivity index (χ4v) is 2.98. The summed E-state index contributed by atoms with van der Waals surface area (Å²) in [6, 6.07) is 13.1. The molecule has 2 aromatic heterocycles. The number of carbonyl (C=O) groups is 1. The smallest absolute Gasteiger partial charge is 0.274 e. The molecule has 0 spiro atoms. The van der Waals surface area contributed by atoms with E-state index >= 15 is 0 Å². The number of amides is 1. The molecule has 3 aromatic rings. The van der Waals surface area contributed by atoms with E-state index in [0.717, 1.165) is 23.7 Å². The highest BCUT2D eigenvalue weighted by molar-refractivity contribution is 5.92. The van der Waals surface area contributed by atoms with Crippen LogP contribution < -0.4 is 10.5 Å². The van der Waals surface area contributed by atoms with Gasteiger partial charge in [-0.1, -0.05) is 18.2 Å². The molecule has 0 radical (unpaired) electrons. The van der Waals surface area contributed by atoms with Gasteiger partial charge in [0.1, 0.15) is 5.75 Å². The first-order valence-electron chi connectivity index (χ1n) is 8.60. The van der Waals surface area contributed by atoms with E-state index in [-0.39, 0.29) is 11.9 Å². The summed E-state index contributed by atoms with van der Waals surface area (Å²) in [5, 5.41) is 9.01. The number of hydrogen-bond acceptors (Lipinski definition) is 6. The number of likely N-dealkylation sites (tertiary alicyclic amines) is 1. The van der Waals surface area contributed by atoms with Crippen LogP contribution in [0.15, 0.2) is 48.7 Å². The van der Waals surface area contributed by atoms with E-state index in [4.69, 9.17) is 10.5 Å². The normalized spacial score (nSPS) is 15.2. The van der Waals surface area contributed by atoms with Crippen LogP contribution in [0, 0.1) is 0 Å². The van der Waals surface area contributed by atoms with Crippen LogP contribution in [0.4, 0.5) is 0 Å². The Morgan fingerprint density at radius 2 is 1.92 bits per heavy atom. The van der Waals surface area contributed by atoms with Crippen molar-refractivity contribution in [3.05, 3.63) is 54.4 Å². The summed E-state index contributed by atoms with van der Waals surface area (Å²) in [6.45, 7) is 1.31. The molecule has 7 heteroatoms. The van der Waals surface area contributed by atoms with Crippen LogP contribution in [-0.4, -0.2) is 45.1 Å². The molecule has 4 rings (SSSR count). The summed E-state index contributed by atoms with van der Waals surface area (Å²) in [5.74, 6) is 0.768. The summed E-state index contributed by atoms with van der Waals surface area (Å²) < 4.78 is 5.70. The zero-order valence-electron chi connectivity index (χ0n) is 14.2. The van der Waals surface area contributed by atoms with Crippen LogP contribution in [0.25, 0.3) is 10.9 Å². The van der Waals surface area contributed by atoms with Crippen molar-refractivity contribution in [2.24, 2.45) is 5.73 Å². The first-order chi connectivity index (χ1) is 12.7. The largest absolute Gasteiger partial charge is 0.436 e. The van der Waals surface area contributed by atoms with Gasteiger partial charge in [-0.3, -0.25) is 9.78 Å². The van der Waals surface area contributed by atoms with Crippen LogP contribution in [0.5, 0.6) is 11.6 Å². The Hall–Kier alpha value is -3.06. The number of pyridine rings is 1. The van der Waals surface area contributed by atoms with Crippen molar-refractivity contribution in [2.45, 2.75) is 18.9 Å². The van der Waals surface area contributed by atoms with Gasteiger partial charge in [-0.2, -0.15) is 0 Å². The van der Waals surface area contributed by atoms with Gasteiger partial charge in [-0.05, 0) is 31.0 Å². The van der Waals surface area contributed by atoms with Gasteiger partial charge in [-0.25, -0.2) is 0 Å². The SMILES string of the molecule is NC1CCN(C(=O)c2ccc(Oc3cnc4ccccc4c3)nn2)CC1. The van der Waals surface area contributed by atoms with Crippen LogP contribution in [0.3, 0.4) is 0 Å². The lowest BCUT2D eigenvalue weighted by atomic mass is 10.1. The quantitative estimate of drug-likeness (QED) is 0.780. The maximum Gasteiger partial charge on any atom is 0.274 e. The van der Waals surface area contributed by atoms with Crippen molar-refractivity contribution in [2.75, 3.05) is 13.1 Å². The minimum atomic E-state index is -0.122. The Balaban J connectivity index is 1.46. The van der Waals surface area contributed by atoms with Crippen LogP contribution in [0.2, 0.25) is 0 Å². The van der Waals surface area contributed by atoms with Crippen molar-refractivity contribution in [3.63, 3.8) is 0 Å². The number of nitrogens with two attached hydrogens (primary N) is 1. The predicted molar refractivity (Wildman–Crippen MR) is 97.0 cm³/mol. The highest BCUT2D eigenvalue weighted by Gasteiger charge is 2.22. The number of carbonyl (C=O) groups excluding carboxylic acids is 1. The molecule has 1 saturated heterocycles. The monoisotopic (exact) mass is 349 g/mol. The highest BCUT2D eigenvalue weighted by Crippen LogP contribution is 2.22. The van der Waals surface area contributed by atoms with E-state index in [0.29, 0.717) is 30.4 Å². The van der Waals surface area contributed by atoms with Gasteiger partial charge in [0, 0.05) is 30.6 Å². The fraction of sp³-hybridized carbons (Fsp3) is 0.263. The van der Waals surface area contributed by atoms with Gasteiger partial charge in [-0.15, -0.1) is 10.2 Å². The third kappa shape index (κ3) is 3.48. The average Bonchev–Trinajstić information content (AvgIpc) is 2.68. The summed E-state index contributed by atoms with van der Waals surface area (Å²) in [6.07, 6.45) is 3.27. The molecule has 2 N–H and O–H groups in total. The molecular formula is C19H19N5O2. The molecule has 1 fully saturated rings. The van der Waals surface area contributed by atoms with Crippen molar-refractivity contribution in [3.8, 4) is 11.6 Å². The van der Waals surface area contributed by atoms with Crippen molar-refractivity contribution >= 4 is 16.8 Å². The molecule has 1 aliphatic heterocycles. The van der Waals surface area contributed by atoms with Gasteiger partial charge in [0.05, 0.1) is 11.7 Å². The molecule has 0 bridgehead atoms. The molecule has 132 valence electrons. The molecule has 3 heterocycles. The van der Waals surface area contributed by atoms with Crippen LogP contribution >= 0.6 is 0 Å². The Morgan fingerprint density at radius 1 is 1.12 bits per heavy atom. The minimum Gasteiger partial charge on any atom is -0.436 e. The number of para-hydroxylation sites is 1. The number of nitrogens with zero attached hydrogens (tertiary/aromatic N) is 4. The van der Waals surface area contributed by atoms with Gasteiger partial charge in [0.15, 0.2) is 5.69 Å². The molecule has 0 saturated carbocycles. The molecule has 0 aliphatic carbocycles. The summed E-state index contributed by atoms with van der Waals surface area (Å²) in [7, 11) is 0. The molecule has 0 unspecified atom stereocenters. The Bertz CT molecular complexity index is 921. The van der Waals surface area contributed by atoms with Crippen LogP contribution in [-0.2, 0) is 0 Å². The number of hydrogen-bond donors (Lipinski definition) is 1. The second-order valence-corrected chi connectivity index (χ2v) is 6.35. The number of benzene rings is 1.